The minimum Gasteiger partial charge on any atom is -0.496 e. The number of benzene rings is 2. The Morgan fingerprint density at radius 1 is 1.17 bits per heavy atom. The van der Waals surface area contributed by atoms with E-state index in [0.29, 0.717) is 67.2 Å². The third-order valence-corrected chi connectivity index (χ3v) is 6.01. The first-order chi connectivity index (χ1) is 17.2. The minimum absolute atomic E-state index is 0.0102. The number of fused-ring (bicyclic) bond motifs is 1. The van der Waals surface area contributed by atoms with Gasteiger partial charge in [-0.15, -0.1) is 0 Å². The lowest BCUT2D eigenvalue weighted by atomic mass is 10.1. The summed E-state index contributed by atoms with van der Waals surface area (Å²) in [6.45, 7) is 8.91. The number of amides is 1. The zero-order valence-corrected chi connectivity index (χ0v) is 22.0. The molecule has 9 nitrogen and oxygen atoms in total. The summed E-state index contributed by atoms with van der Waals surface area (Å²) in [5.74, 6) is 1.56. The molecule has 0 fully saturated rings. The standard InChI is InChI=1S/C26H34ClN3O6/c1-17(2)15-29(16-20-10-23(27)25-24(11-20)35-6-5-7-36-25)26(31)18(3)13-28-14-19-8-21(30(32)33)12-22(9-19)34-4/h8-12,17-18,28H,5-7,13-16H2,1-4H3. The SMILES string of the molecule is COc1cc(CNCC(C)C(=O)N(Cc2cc(Cl)c3c(c2)OCCCO3)CC(C)C)cc([N+](=O)[O-])c1. The Kier molecular flexibility index (Phi) is 9.78. The third kappa shape index (κ3) is 7.48. The van der Waals surface area contributed by atoms with E-state index in [1.807, 2.05) is 24.0 Å². The number of nitrogens with one attached hydrogen (secondary N) is 1. The van der Waals surface area contributed by atoms with Gasteiger partial charge in [0.1, 0.15) is 5.75 Å². The van der Waals surface area contributed by atoms with Crippen molar-refractivity contribution in [3.8, 4) is 17.2 Å². The van der Waals surface area contributed by atoms with Crippen LogP contribution in [0.3, 0.4) is 0 Å². The summed E-state index contributed by atoms with van der Waals surface area (Å²) in [7, 11) is 1.47. The molecule has 0 aromatic heterocycles. The predicted molar refractivity (Wildman–Crippen MR) is 138 cm³/mol. The number of carbonyl (C=O) groups excluding carboxylic acids is 1. The van der Waals surface area contributed by atoms with Gasteiger partial charge in [0.2, 0.25) is 5.91 Å². The Bertz CT molecular complexity index is 1080. The highest BCUT2D eigenvalue weighted by molar-refractivity contribution is 6.32. The van der Waals surface area contributed by atoms with E-state index >= 15 is 0 Å². The number of methoxy groups -OCH3 is 1. The van der Waals surface area contributed by atoms with Crippen molar-refractivity contribution in [3.05, 3.63) is 56.6 Å². The second-order valence-electron chi connectivity index (χ2n) is 9.40. The van der Waals surface area contributed by atoms with Crippen molar-refractivity contribution in [2.24, 2.45) is 11.8 Å². The van der Waals surface area contributed by atoms with E-state index < -0.39 is 4.92 Å². The minimum atomic E-state index is -0.451. The zero-order valence-electron chi connectivity index (χ0n) is 21.2. The second-order valence-corrected chi connectivity index (χ2v) is 9.80. The Morgan fingerprint density at radius 3 is 2.61 bits per heavy atom. The predicted octanol–water partition coefficient (Wildman–Crippen LogP) is 4.83. The van der Waals surface area contributed by atoms with Crippen LogP contribution in [-0.2, 0) is 17.9 Å². The van der Waals surface area contributed by atoms with Crippen LogP contribution in [0.5, 0.6) is 17.2 Å². The fraction of sp³-hybridized carbons (Fsp3) is 0.500. The maximum atomic E-state index is 13.4. The maximum Gasteiger partial charge on any atom is 0.273 e. The highest BCUT2D eigenvalue weighted by Gasteiger charge is 2.23. The molecule has 1 unspecified atom stereocenters. The molecule has 2 aromatic carbocycles. The van der Waals surface area contributed by atoms with Crippen molar-refractivity contribution in [2.45, 2.75) is 40.3 Å². The maximum absolute atomic E-state index is 13.4. The molecular weight excluding hydrogens is 486 g/mol. The van der Waals surface area contributed by atoms with E-state index in [-0.39, 0.29) is 23.4 Å². The quantitative estimate of drug-likeness (QED) is 0.335. The molecule has 0 aliphatic carbocycles. The van der Waals surface area contributed by atoms with E-state index in [9.17, 15) is 14.9 Å². The van der Waals surface area contributed by atoms with Crippen molar-refractivity contribution in [3.63, 3.8) is 0 Å². The molecule has 1 N–H and O–H groups in total. The highest BCUT2D eigenvalue weighted by atomic mass is 35.5. The van der Waals surface area contributed by atoms with Crippen molar-refractivity contribution >= 4 is 23.2 Å². The van der Waals surface area contributed by atoms with Gasteiger partial charge in [-0.3, -0.25) is 14.9 Å². The van der Waals surface area contributed by atoms with Gasteiger partial charge in [-0.1, -0.05) is 32.4 Å². The van der Waals surface area contributed by atoms with Crippen LogP contribution in [-0.4, -0.2) is 49.1 Å². The summed E-state index contributed by atoms with van der Waals surface area (Å²) < 4.78 is 16.7. The van der Waals surface area contributed by atoms with E-state index in [1.165, 1.54) is 19.2 Å². The molecule has 1 aliphatic rings. The average Bonchev–Trinajstić information content (AvgIpc) is 3.08. The Balaban J connectivity index is 1.66. The van der Waals surface area contributed by atoms with Gasteiger partial charge in [0.05, 0.1) is 36.3 Å². The van der Waals surface area contributed by atoms with Gasteiger partial charge in [-0.25, -0.2) is 0 Å². The number of halogens is 1. The summed E-state index contributed by atoms with van der Waals surface area (Å²) in [6.07, 6.45) is 0.784. The van der Waals surface area contributed by atoms with Crippen LogP contribution in [0.15, 0.2) is 30.3 Å². The fourth-order valence-electron chi connectivity index (χ4n) is 4.07. The molecule has 1 aliphatic heterocycles. The highest BCUT2D eigenvalue weighted by Crippen LogP contribution is 2.38. The molecule has 0 bridgehead atoms. The van der Waals surface area contributed by atoms with Gasteiger partial charge >= 0.3 is 0 Å². The summed E-state index contributed by atoms with van der Waals surface area (Å²) in [5.41, 5.74) is 1.55. The van der Waals surface area contributed by atoms with Crippen molar-refractivity contribution in [1.29, 1.82) is 0 Å². The summed E-state index contributed by atoms with van der Waals surface area (Å²) >= 11 is 6.46. The van der Waals surface area contributed by atoms with Gasteiger partial charge in [0.15, 0.2) is 11.5 Å². The monoisotopic (exact) mass is 519 g/mol. The number of hydrogen-bond donors (Lipinski definition) is 1. The zero-order chi connectivity index (χ0) is 26.2. The molecule has 2 aromatic rings. The van der Waals surface area contributed by atoms with E-state index in [2.05, 4.69) is 19.2 Å². The lowest BCUT2D eigenvalue weighted by Crippen LogP contribution is -2.40. The molecule has 10 heteroatoms. The molecule has 0 saturated heterocycles. The molecule has 196 valence electrons. The lowest BCUT2D eigenvalue weighted by molar-refractivity contribution is -0.385. The number of nitrogens with zero attached hydrogens (tertiary/aromatic N) is 2. The Hall–Kier alpha value is -3.04. The van der Waals surface area contributed by atoms with Crippen molar-refractivity contribution in [2.75, 3.05) is 33.4 Å². The number of non-ortho nitro benzene ring substituents is 1. The summed E-state index contributed by atoms with van der Waals surface area (Å²) in [5, 5.41) is 14.9. The Labute approximate surface area is 216 Å². The van der Waals surface area contributed by atoms with Crippen molar-refractivity contribution in [1.82, 2.24) is 10.2 Å². The van der Waals surface area contributed by atoms with Gasteiger partial charge in [-0.2, -0.15) is 0 Å². The molecule has 0 spiro atoms. The number of carbonyl (C=O) groups is 1. The molecule has 1 heterocycles. The van der Waals surface area contributed by atoms with Crippen molar-refractivity contribution < 1.29 is 23.9 Å². The largest absolute Gasteiger partial charge is 0.496 e. The van der Waals surface area contributed by atoms with Crippen LogP contribution >= 0.6 is 11.6 Å². The van der Waals surface area contributed by atoms with Crippen LogP contribution < -0.4 is 19.5 Å². The van der Waals surface area contributed by atoms with Crippen LogP contribution in [0, 0.1) is 22.0 Å². The smallest absolute Gasteiger partial charge is 0.273 e. The number of nitro benzene ring substituents is 1. The molecular formula is C26H34ClN3O6. The first kappa shape index (κ1) is 27.5. The average molecular weight is 520 g/mol. The molecule has 0 saturated carbocycles. The van der Waals surface area contributed by atoms with Gasteiger partial charge in [-0.05, 0) is 35.2 Å². The van der Waals surface area contributed by atoms with E-state index in [4.69, 9.17) is 25.8 Å². The third-order valence-electron chi connectivity index (χ3n) is 5.73. The topological polar surface area (TPSA) is 103 Å². The number of hydrogen-bond acceptors (Lipinski definition) is 7. The fourth-order valence-corrected chi connectivity index (χ4v) is 4.36. The number of ether oxygens (including phenoxy) is 3. The summed E-state index contributed by atoms with van der Waals surface area (Å²) in [4.78, 5) is 26.0. The molecule has 0 radical (unpaired) electrons. The number of rotatable bonds is 11. The number of nitro groups is 1. The van der Waals surface area contributed by atoms with Gasteiger partial charge in [0, 0.05) is 44.6 Å². The molecule has 1 atom stereocenters. The molecule has 3 rings (SSSR count). The van der Waals surface area contributed by atoms with Crippen LogP contribution in [0.2, 0.25) is 5.02 Å². The van der Waals surface area contributed by atoms with Crippen LogP contribution in [0.1, 0.15) is 38.3 Å². The van der Waals surface area contributed by atoms with E-state index in [1.54, 1.807) is 6.07 Å². The summed E-state index contributed by atoms with van der Waals surface area (Å²) in [6, 6.07) is 8.34. The van der Waals surface area contributed by atoms with Gasteiger partial charge in [0.25, 0.3) is 5.69 Å². The van der Waals surface area contributed by atoms with Crippen LogP contribution in [0.4, 0.5) is 5.69 Å². The van der Waals surface area contributed by atoms with E-state index in [0.717, 1.165) is 12.0 Å². The molecule has 1 amide bonds. The van der Waals surface area contributed by atoms with Crippen LogP contribution in [0.25, 0.3) is 0 Å². The lowest BCUT2D eigenvalue weighted by Gasteiger charge is -2.28. The Morgan fingerprint density at radius 2 is 1.92 bits per heavy atom. The normalized spacial score (nSPS) is 13.7. The molecule has 36 heavy (non-hydrogen) atoms. The second kappa shape index (κ2) is 12.8. The first-order valence-corrected chi connectivity index (χ1v) is 12.5. The van der Waals surface area contributed by atoms with Gasteiger partial charge < -0.3 is 24.4 Å². The first-order valence-electron chi connectivity index (χ1n) is 12.1.